The van der Waals surface area contributed by atoms with Crippen molar-refractivity contribution in [3.8, 4) is 0 Å². The van der Waals surface area contributed by atoms with Crippen LogP contribution in [0.25, 0.3) is 0 Å². The quantitative estimate of drug-likeness (QED) is 0.773. The van der Waals surface area contributed by atoms with Crippen LogP contribution in [0.3, 0.4) is 0 Å². The van der Waals surface area contributed by atoms with E-state index in [4.69, 9.17) is 0 Å². The van der Waals surface area contributed by atoms with Crippen molar-refractivity contribution in [3.63, 3.8) is 0 Å². The van der Waals surface area contributed by atoms with Crippen LogP contribution in [0.15, 0.2) is 18.2 Å². The normalized spacial score (nSPS) is 18.9. The van der Waals surface area contributed by atoms with Crippen LogP contribution in [-0.2, 0) is 16.6 Å². The van der Waals surface area contributed by atoms with Crippen molar-refractivity contribution in [2.45, 2.75) is 31.7 Å². The molecule has 0 atom stereocenters. The van der Waals surface area contributed by atoms with E-state index in [2.05, 4.69) is 14.8 Å². The van der Waals surface area contributed by atoms with Gasteiger partial charge < -0.3 is 5.32 Å². The molecular formula is C12H17N3O2S. The summed E-state index contributed by atoms with van der Waals surface area (Å²) in [4.78, 5) is 0. The third-order valence-electron chi connectivity index (χ3n) is 3.22. The summed E-state index contributed by atoms with van der Waals surface area (Å²) in [5.41, 5.74) is 2.73. The highest BCUT2D eigenvalue weighted by atomic mass is 32.2. The maximum Gasteiger partial charge on any atom is 0.299 e. The molecule has 0 radical (unpaired) electrons. The molecule has 5 nitrogen and oxygen atoms in total. The molecule has 0 spiro atoms. The monoisotopic (exact) mass is 267 g/mol. The molecule has 3 N–H and O–H groups in total. The van der Waals surface area contributed by atoms with Crippen LogP contribution in [0.5, 0.6) is 0 Å². The Balaban J connectivity index is 1.83. The molecule has 6 heteroatoms. The number of para-hydroxylation sites is 1. The summed E-state index contributed by atoms with van der Waals surface area (Å²) in [6.07, 6.45) is 3.95. The van der Waals surface area contributed by atoms with Gasteiger partial charge >= 0.3 is 0 Å². The minimum atomic E-state index is -3.44. The zero-order valence-corrected chi connectivity index (χ0v) is 10.9. The average molecular weight is 267 g/mol. The maximum atomic E-state index is 11.9. The van der Waals surface area contributed by atoms with Crippen molar-refractivity contribution < 1.29 is 8.42 Å². The van der Waals surface area contributed by atoms with E-state index >= 15 is 0 Å². The fraction of sp³-hybridized carbons (Fsp3) is 0.500. The molecule has 1 heterocycles. The van der Waals surface area contributed by atoms with Gasteiger partial charge in [-0.2, -0.15) is 13.1 Å². The van der Waals surface area contributed by atoms with E-state index in [-0.39, 0.29) is 6.04 Å². The van der Waals surface area contributed by atoms with Gasteiger partial charge in [-0.25, -0.2) is 0 Å². The Labute approximate surface area is 107 Å². The molecule has 1 fully saturated rings. The van der Waals surface area contributed by atoms with Gasteiger partial charge in [0.15, 0.2) is 0 Å². The first-order chi connectivity index (χ1) is 8.64. The van der Waals surface area contributed by atoms with E-state index in [0.717, 1.165) is 37.9 Å². The number of hydrogen-bond donors (Lipinski definition) is 3. The first-order valence-corrected chi connectivity index (χ1v) is 7.78. The summed E-state index contributed by atoms with van der Waals surface area (Å²) in [7, 11) is -3.44. The van der Waals surface area contributed by atoms with E-state index in [1.165, 1.54) is 5.56 Å². The third kappa shape index (κ3) is 2.59. The third-order valence-corrected chi connectivity index (χ3v) is 4.35. The second-order valence-corrected chi connectivity index (χ2v) is 6.31. The molecule has 1 aromatic carbocycles. The van der Waals surface area contributed by atoms with Crippen molar-refractivity contribution >= 4 is 21.6 Å². The lowest BCUT2D eigenvalue weighted by atomic mass is 10.0. The predicted molar refractivity (Wildman–Crippen MR) is 72.0 cm³/mol. The fourth-order valence-electron chi connectivity index (χ4n) is 2.19. The zero-order chi connectivity index (χ0) is 12.6. The molecule has 1 aliphatic carbocycles. The zero-order valence-electron chi connectivity index (χ0n) is 10.1. The Hall–Kier alpha value is -1.27. The molecule has 1 saturated carbocycles. The number of nitrogens with one attached hydrogen (secondary N) is 3. The topological polar surface area (TPSA) is 70.2 Å². The number of aryl methyl sites for hydroxylation is 1. The van der Waals surface area contributed by atoms with Crippen molar-refractivity contribution in [2.75, 3.05) is 16.6 Å². The highest BCUT2D eigenvalue weighted by Crippen LogP contribution is 2.31. The number of anilines is 2. The van der Waals surface area contributed by atoms with Crippen molar-refractivity contribution in [1.29, 1.82) is 0 Å². The van der Waals surface area contributed by atoms with Gasteiger partial charge in [0.25, 0.3) is 10.2 Å². The van der Waals surface area contributed by atoms with Crippen LogP contribution in [0, 0.1) is 0 Å². The molecular weight excluding hydrogens is 250 g/mol. The molecule has 0 unspecified atom stereocenters. The number of benzene rings is 1. The molecule has 3 rings (SSSR count). The molecule has 1 aromatic rings. The summed E-state index contributed by atoms with van der Waals surface area (Å²) in [6.45, 7) is 0.891. The highest BCUT2D eigenvalue weighted by molar-refractivity contribution is 7.90. The number of fused-ring (bicyclic) bond motifs is 1. The Kier molecular flexibility index (Phi) is 2.91. The van der Waals surface area contributed by atoms with Gasteiger partial charge in [0.05, 0.1) is 11.4 Å². The van der Waals surface area contributed by atoms with Gasteiger partial charge in [-0.05, 0) is 37.3 Å². The van der Waals surface area contributed by atoms with E-state index in [1.807, 2.05) is 12.1 Å². The number of hydrogen-bond acceptors (Lipinski definition) is 3. The summed E-state index contributed by atoms with van der Waals surface area (Å²) in [5.74, 6) is 0. The van der Waals surface area contributed by atoms with Gasteiger partial charge in [0.2, 0.25) is 0 Å². The molecule has 0 amide bonds. The van der Waals surface area contributed by atoms with Crippen LogP contribution in [0.2, 0.25) is 0 Å². The molecule has 0 bridgehead atoms. The molecule has 1 aliphatic heterocycles. The average Bonchev–Trinajstić information content (AvgIpc) is 3.12. The minimum Gasteiger partial charge on any atom is -0.383 e. The van der Waals surface area contributed by atoms with E-state index in [9.17, 15) is 8.42 Å². The van der Waals surface area contributed by atoms with Gasteiger partial charge in [0.1, 0.15) is 0 Å². The molecule has 0 aromatic heterocycles. The largest absolute Gasteiger partial charge is 0.383 e. The lowest BCUT2D eigenvalue weighted by Gasteiger charge is -2.21. The minimum absolute atomic E-state index is 0.120. The van der Waals surface area contributed by atoms with E-state index < -0.39 is 10.2 Å². The molecule has 2 aliphatic rings. The smallest absolute Gasteiger partial charge is 0.299 e. The molecule has 98 valence electrons. The van der Waals surface area contributed by atoms with E-state index in [1.54, 1.807) is 6.07 Å². The van der Waals surface area contributed by atoms with Crippen LogP contribution in [0.1, 0.15) is 24.8 Å². The lowest BCUT2D eigenvalue weighted by molar-refractivity contribution is 0.586. The van der Waals surface area contributed by atoms with Crippen molar-refractivity contribution in [1.82, 2.24) is 4.72 Å². The Morgan fingerprint density at radius 1 is 1.28 bits per heavy atom. The Morgan fingerprint density at radius 2 is 2.11 bits per heavy atom. The maximum absolute atomic E-state index is 11.9. The van der Waals surface area contributed by atoms with Crippen molar-refractivity contribution in [2.24, 2.45) is 0 Å². The van der Waals surface area contributed by atoms with Gasteiger partial charge in [-0.15, -0.1) is 0 Å². The van der Waals surface area contributed by atoms with Gasteiger partial charge in [0, 0.05) is 12.6 Å². The lowest BCUT2D eigenvalue weighted by Crippen LogP contribution is -2.32. The summed E-state index contributed by atoms with van der Waals surface area (Å²) < 4.78 is 29.0. The Morgan fingerprint density at radius 3 is 2.89 bits per heavy atom. The van der Waals surface area contributed by atoms with Crippen LogP contribution >= 0.6 is 0 Å². The van der Waals surface area contributed by atoms with Gasteiger partial charge in [-0.3, -0.25) is 4.72 Å². The SMILES string of the molecule is O=S(=O)(Nc1cccc2c1NCCC2)NC1CC1. The number of rotatable bonds is 4. The van der Waals surface area contributed by atoms with E-state index in [0.29, 0.717) is 5.69 Å². The van der Waals surface area contributed by atoms with Gasteiger partial charge in [-0.1, -0.05) is 12.1 Å². The predicted octanol–water partition coefficient (Wildman–Crippen LogP) is 1.45. The second kappa shape index (κ2) is 4.44. The fourth-order valence-corrected chi connectivity index (χ4v) is 3.38. The molecule has 0 saturated heterocycles. The Bertz CT molecular complexity index is 552. The first-order valence-electron chi connectivity index (χ1n) is 6.30. The molecule has 18 heavy (non-hydrogen) atoms. The van der Waals surface area contributed by atoms with Crippen LogP contribution in [0.4, 0.5) is 11.4 Å². The summed E-state index contributed by atoms with van der Waals surface area (Å²) >= 11 is 0. The van der Waals surface area contributed by atoms with Crippen LogP contribution < -0.4 is 14.8 Å². The second-order valence-electron chi connectivity index (χ2n) is 4.87. The highest BCUT2D eigenvalue weighted by Gasteiger charge is 2.27. The summed E-state index contributed by atoms with van der Waals surface area (Å²) in [5, 5.41) is 3.27. The first kappa shape index (κ1) is 11.8. The summed E-state index contributed by atoms with van der Waals surface area (Å²) in [6, 6.07) is 5.84. The van der Waals surface area contributed by atoms with Crippen molar-refractivity contribution in [3.05, 3.63) is 23.8 Å². The standard InChI is InChI=1S/C12H17N3O2S/c16-18(17,14-10-6-7-10)15-11-5-1-3-9-4-2-8-13-12(9)11/h1,3,5,10,13-15H,2,4,6-8H2. The van der Waals surface area contributed by atoms with Crippen LogP contribution in [-0.4, -0.2) is 21.0 Å².